The molecular weight excluding hydrogens is 388 g/mol. The Balaban J connectivity index is 1.24. The summed E-state index contributed by atoms with van der Waals surface area (Å²) in [4.78, 5) is 17.7. The van der Waals surface area contributed by atoms with Gasteiger partial charge in [0.05, 0.1) is 13.0 Å². The van der Waals surface area contributed by atoms with E-state index < -0.39 is 0 Å². The minimum absolute atomic E-state index is 0.0105. The van der Waals surface area contributed by atoms with Crippen LogP contribution in [0.4, 0.5) is 5.69 Å². The molecule has 31 heavy (non-hydrogen) atoms. The van der Waals surface area contributed by atoms with Crippen molar-refractivity contribution in [2.45, 2.75) is 45.6 Å². The lowest BCUT2D eigenvalue weighted by atomic mass is 9.59. The maximum absolute atomic E-state index is 12.9. The van der Waals surface area contributed by atoms with E-state index in [1.54, 1.807) is 12.7 Å². The first-order valence-corrected chi connectivity index (χ1v) is 12.0. The van der Waals surface area contributed by atoms with Gasteiger partial charge < -0.3 is 14.4 Å². The summed E-state index contributed by atoms with van der Waals surface area (Å²) < 4.78 is 11.2. The second kappa shape index (κ2) is 8.16. The van der Waals surface area contributed by atoms with Crippen LogP contribution in [0.5, 0.6) is 5.75 Å². The van der Waals surface area contributed by atoms with E-state index in [2.05, 4.69) is 41.9 Å². The van der Waals surface area contributed by atoms with Gasteiger partial charge in [-0.1, -0.05) is 31.9 Å². The summed E-state index contributed by atoms with van der Waals surface area (Å²) in [6, 6.07) is 8.30. The molecule has 3 fully saturated rings. The Hall–Kier alpha value is -2.01. The number of methoxy groups -OCH3 is 1. The number of ether oxygens (including phenoxy) is 2. The molecule has 1 aromatic rings. The van der Waals surface area contributed by atoms with Gasteiger partial charge in [-0.25, -0.2) is 0 Å². The minimum Gasteiger partial charge on any atom is -0.497 e. The molecule has 4 aliphatic rings. The van der Waals surface area contributed by atoms with E-state index in [0.717, 1.165) is 44.9 Å². The van der Waals surface area contributed by atoms with E-state index in [4.69, 9.17) is 9.47 Å². The van der Waals surface area contributed by atoms with E-state index in [-0.39, 0.29) is 29.3 Å². The van der Waals surface area contributed by atoms with Crippen molar-refractivity contribution in [3.05, 3.63) is 35.9 Å². The summed E-state index contributed by atoms with van der Waals surface area (Å²) in [6.07, 6.45) is 7.38. The predicted molar refractivity (Wildman–Crippen MR) is 122 cm³/mol. The molecule has 0 N–H and O–H groups in total. The van der Waals surface area contributed by atoms with Crippen LogP contribution in [-0.4, -0.2) is 56.8 Å². The molecule has 5 rings (SSSR count). The Morgan fingerprint density at radius 1 is 1.16 bits per heavy atom. The Bertz CT molecular complexity index is 843. The predicted octanol–water partition coefficient (Wildman–Crippen LogP) is 4.13. The van der Waals surface area contributed by atoms with Gasteiger partial charge in [0, 0.05) is 44.3 Å². The van der Waals surface area contributed by atoms with Gasteiger partial charge in [0.25, 0.3) is 0 Å². The molecule has 0 spiro atoms. The van der Waals surface area contributed by atoms with E-state index in [1.165, 1.54) is 24.9 Å². The average Bonchev–Trinajstić information content (AvgIpc) is 3.06. The van der Waals surface area contributed by atoms with Crippen LogP contribution in [0.25, 0.3) is 0 Å². The molecule has 5 heteroatoms. The van der Waals surface area contributed by atoms with Gasteiger partial charge in [-0.05, 0) is 54.9 Å². The average molecular weight is 425 g/mol. The summed E-state index contributed by atoms with van der Waals surface area (Å²) in [6.45, 7) is 9.52. The number of piperazine rings is 1. The SMILES string of the molecule is COc1ccc(N2CCN(C[C@@H]3C(=O)O[C@@H]4C[C@@]5(C)CCC[C@H](C)C5=C[C@H]34)CC2)cc1. The van der Waals surface area contributed by atoms with Crippen LogP contribution in [0.2, 0.25) is 0 Å². The number of carbonyl (C=O) groups is 1. The minimum atomic E-state index is -0.0105. The van der Waals surface area contributed by atoms with Gasteiger partial charge in [0.2, 0.25) is 0 Å². The Morgan fingerprint density at radius 2 is 1.90 bits per heavy atom. The Kier molecular flexibility index (Phi) is 5.49. The first kappa shape index (κ1) is 20.9. The lowest BCUT2D eigenvalue weighted by molar-refractivity contribution is -0.145. The third-order valence-electron chi connectivity index (χ3n) is 8.35. The number of hydrogen-bond donors (Lipinski definition) is 0. The normalized spacial score (nSPS) is 35.8. The van der Waals surface area contributed by atoms with Gasteiger partial charge in [-0.3, -0.25) is 9.69 Å². The van der Waals surface area contributed by atoms with Crippen molar-refractivity contribution >= 4 is 11.7 Å². The third kappa shape index (κ3) is 3.86. The molecule has 0 unspecified atom stereocenters. The summed E-state index contributed by atoms with van der Waals surface area (Å²) in [5.41, 5.74) is 3.08. The van der Waals surface area contributed by atoms with Crippen LogP contribution in [0.15, 0.2) is 35.9 Å². The zero-order valence-corrected chi connectivity index (χ0v) is 19.2. The van der Waals surface area contributed by atoms with Crippen LogP contribution in [0.1, 0.15) is 39.5 Å². The topological polar surface area (TPSA) is 42.0 Å². The lowest BCUT2D eigenvalue weighted by Crippen LogP contribution is -2.49. The van der Waals surface area contributed by atoms with E-state index in [9.17, 15) is 4.79 Å². The van der Waals surface area contributed by atoms with Crippen molar-refractivity contribution in [2.75, 3.05) is 44.7 Å². The van der Waals surface area contributed by atoms with Crippen LogP contribution >= 0.6 is 0 Å². The van der Waals surface area contributed by atoms with Crippen LogP contribution < -0.4 is 9.64 Å². The van der Waals surface area contributed by atoms with E-state index >= 15 is 0 Å². The third-order valence-corrected chi connectivity index (χ3v) is 8.35. The summed E-state index contributed by atoms with van der Waals surface area (Å²) in [5.74, 6) is 1.81. The van der Waals surface area contributed by atoms with Gasteiger partial charge in [0.15, 0.2) is 0 Å². The zero-order valence-electron chi connectivity index (χ0n) is 19.2. The number of carbonyl (C=O) groups excluding carboxylic acids is 1. The highest BCUT2D eigenvalue weighted by Gasteiger charge is 2.52. The van der Waals surface area contributed by atoms with Crippen molar-refractivity contribution in [1.29, 1.82) is 0 Å². The van der Waals surface area contributed by atoms with Gasteiger partial charge in [-0.2, -0.15) is 0 Å². The van der Waals surface area contributed by atoms with Gasteiger partial charge in [-0.15, -0.1) is 0 Å². The fraction of sp³-hybridized carbons (Fsp3) is 0.654. The molecular formula is C26H36N2O3. The molecule has 2 aliphatic carbocycles. The molecule has 2 heterocycles. The smallest absolute Gasteiger partial charge is 0.311 e. The monoisotopic (exact) mass is 424 g/mol. The molecule has 168 valence electrons. The van der Waals surface area contributed by atoms with Crippen molar-refractivity contribution in [3.63, 3.8) is 0 Å². The summed E-state index contributed by atoms with van der Waals surface area (Å²) in [5, 5.41) is 0. The molecule has 0 aromatic heterocycles. The highest BCUT2D eigenvalue weighted by Crippen LogP contribution is 2.54. The fourth-order valence-electron chi connectivity index (χ4n) is 6.52. The van der Waals surface area contributed by atoms with Gasteiger partial charge in [0.1, 0.15) is 11.9 Å². The van der Waals surface area contributed by atoms with Crippen LogP contribution in [-0.2, 0) is 9.53 Å². The molecule has 0 radical (unpaired) electrons. The van der Waals surface area contributed by atoms with Crippen molar-refractivity contribution in [2.24, 2.45) is 23.2 Å². The quantitative estimate of drug-likeness (QED) is 0.537. The lowest BCUT2D eigenvalue weighted by Gasteiger charge is -2.46. The fourth-order valence-corrected chi connectivity index (χ4v) is 6.52. The zero-order chi connectivity index (χ0) is 21.6. The second-order valence-electron chi connectivity index (χ2n) is 10.3. The number of esters is 1. The van der Waals surface area contributed by atoms with Crippen LogP contribution in [0.3, 0.4) is 0 Å². The standard InChI is InChI=1S/C26H36N2O3/c1-18-5-4-10-26(2)16-24-21(15-23(18)26)22(25(29)31-24)17-27-11-13-28(14-12-27)19-6-8-20(30-3)9-7-19/h6-9,15,18,21-22,24H,4-5,10-14,16-17H2,1-3H3/t18-,21+,22-,24+,26+/m0/s1. The van der Waals surface area contributed by atoms with Crippen molar-refractivity contribution in [3.8, 4) is 5.75 Å². The van der Waals surface area contributed by atoms with Crippen molar-refractivity contribution in [1.82, 2.24) is 4.90 Å². The molecule has 1 saturated carbocycles. The van der Waals surface area contributed by atoms with E-state index in [1.807, 2.05) is 12.1 Å². The summed E-state index contributed by atoms with van der Waals surface area (Å²) in [7, 11) is 1.70. The van der Waals surface area contributed by atoms with E-state index in [0.29, 0.717) is 5.92 Å². The Labute approximate surface area is 186 Å². The summed E-state index contributed by atoms with van der Waals surface area (Å²) >= 11 is 0. The first-order chi connectivity index (χ1) is 15.0. The Morgan fingerprint density at radius 3 is 2.61 bits per heavy atom. The molecule has 1 aromatic carbocycles. The first-order valence-electron chi connectivity index (χ1n) is 12.0. The number of rotatable bonds is 4. The highest BCUT2D eigenvalue weighted by molar-refractivity contribution is 5.76. The second-order valence-corrected chi connectivity index (χ2v) is 10.3. The number of allylic oxidation sites excluding steroid dienone is 1. The largest absolute Gasteiger partial charge is 0.497 e. The molecule has 0 bridgehead atoms. The highest BCUT2D eigenvalue weighted by atomic mass is 16.6. The maximum Gasteiger partial charge on any atom is 0.311 e. The number of fused-ring (bicyclic) bond motifs is 2. The molecule has 2 saturated heterocycles. The van der Waals surface area contributed by atoms with Gasteiger partial charge >= 0.3 is 5.97 Å². The van der Waals surface area contributed by atoms with Crippen molar-refractivity contribution < 1.29 is 14.3 Å². The number of nitrogens with zero attached hydrogens (tertiary/aromatic N) is 2. The maximum atomic E-state index is 12.9. The number of benzene rings is 1. The molecule has 5 atom stereocenters. The van der Waals surface area contributed by atoms with Crippen LogP contribution in [0, 0.1) is 23.2 Å². The molecule has 0 amide bonds. The molecule has 2 aliphatic heterocycles. The number of hydrogen-bond acceptors (Lipinski definition) is 5. The molecule has 5 nitrogen and oxygen atoms in total. The number of anilines is 1.